The van der Waals surface area contributed by atoms with Crippen LogP contribution in [0.3, 0.4) is 0 Å². The number of amides is 1. The molecule has 0 heterocycles. The zero-order valence-electron chi connectivity index (χ0n) is 45.1. The van der Waals surface area contributed by atoms with Gasteiger partial charge < -0.3 is 19.8 Å². The molecule has 3 atom stereocenters. The van der Waals surface area contributed by atoms with Gasteiger partial charge in [-0.25, -0.2) is 4.57 Å². The number of unbranched alkanes of at least 4 members (excludes halogenated alkanes) is 28. The number of hydrogen-bond acceptors (Lipinski definition) is 5. The highest BCUT2D eigenvalue weighted by Crippen LogP contribution is 2.43. The van der Waals surface area contributed by atoms with Gasteiger partial charge in [-0.2, -0.15) is 0 Å². The predicted molar refractivity (Wildman–Crippen MR) is 295 cm³/mol. The van der Waals surface area contributed by atoms with Crippen molar-refractivity contribution in [2.75, 3.05) is 40.9 Å². The van der Waals surface area contributed by atoms with Crippen molar-refractivity contribution in [2.24, 2.45) is 0 Å². The lowest BCUT2D eigenvalue weighted by molar-refractivity contribution is -0.870. The highest BCUT2D eigenvalue weighted by molar-refractivity contribution is 7.47. The number of carbonyl (C=O) groups is 1. The summed E-state index contributed by atoms with van der Waals surface area (Å²) in [4.78, 5) is 23.1. The van der Waals surface area contributed by atoms with Gasteiger partial charge in [0, 0.05) is 6.42 Å². The topological polar surface area (TPSA) is 105 Å². The second kappa shape index (κ2) is 49.9. The predicted octanol–water partition coefficient (Wildman–Crippen LogP) is 17.1. The number of phosphoric acid groups is 1. The van der Waals surface area contributed by atoms with Gasteiger partial charge in [0.15, 0.2) is 0 Å². The lowest BCUT2D eigenvalue weighted by Crippen LogP contribution is -2.45. The van der Waals surface area contributed by atoms with Crippen LogP contribution >= 0.6 is 7.82 Å². The van der Waals surface area contributed by atoms with Crippen molar-refractivity contribution in [3.8, 4) is 0 Å². The summed E-state index contributed by atoms with van der Waals surface area (Å²) in [6, 6.07) is -0.860. The number of rotatable bonds is 51. The number of hydrogen-bond donors (Lipinski definition) is 3. The fraction of sp³-hybridized carbons (Fsp3) is 0.780. The number of aliphatic hydroxyl groups excluding tert-OH is 1. The Balaban J connectivity index is 3.76. The third kappa shape index (κ3) is 51.8. The van der Waals surface area contributed by atoms with Gasteiger partial charge in [0.1, 0.15) is 13.2 Å². The van der Waals surface area contributed by atoms with Crippen LogP contribution in [0.2, 0.25) is 0 Å². The van der Waals surface area contributed by atoms with E-state index in [9.17, 15) is 19.4 Å². The normalized spacial score (nSPS) is 14.5. The molecule has 396 valence electrons. The minimum Gasteiger partial charge on any atom is -0.387 e. The zero-order valence-corrected chi connectivity index (χ0v) is 46.0. The monoisotopic (exact) mass is 974 g/mol. The number of allylic oxidation sites excluding steroid dienone is 11. The average Bonchev–Trinajstić information content (AvgIpc) is 3.30. The van der Waals surface area contributed by atoms with E-state index in [0.29, 0.717) is 17.4 Å². The van der Waals surface area contributed by atoms with Gasteiger partial charge in [0.2, 0.25) is 5.91 Å². The molecule has 0 aromatic rings. The fourth-order valence-electron chi connectivity index (χ4n) is 8.00. The molecular formula is C59H110N2O6P+. The first-order chi connectivity index (χ1) is 33.0. The van der Waals surface area contributed by atoms with Crippen LogP contribution in [0.5, 0.6) is 0 Å². The third-order valence-corrected chi connectivity index (χ3v) is 13.4. The molecule has 0 rings (SSSR count). The number of aliphatic hydroxyl groups is 1. The molecule has 0 spiro atoms. The number of likely N-dealkylation sites (N-methyl/N-ethyl adjacent to an activating group) is 1. The Bertz CT molecular complexity index is 1330. The maximum Gasteiger partial charge on any atom is 0.472 e. The second-order valence-electron chi connectivity index (χ2n) is 20.3. The van der Waals surface area contributed by atoms with Crippen LogP contribution < -0.4 is 5.32 Å². The fourth-order valence-corrected chi connectivity index (χ4v) is 8.73. The summed E-state index contributed by atoms with van der Waals surface area (Å²) in [7, 11) is 1.55. The van der Waals surface area contributed by atoms with Crippen molar-refractivity contribution in [3.63, 3.8) is 0 Å². The smallest absolute Gasteiger partial charge is 0.387 e. The zero-order chi connectivity index (χ0) is 49.9. The first-order valence-electron chi connectivity index (χ1n) is 28.3. The number of phosphoric ester groups is 1. The van der Waals surface area contributed by atoms with Crippen LogP contribution in [0.15, 0.2) is 72.9 Å². The summed E-state index contributed by atoms with van der Waals surface area (Å²) in [6.07, 6.45) is 69.3. The maximum atomic E-state index is 12.9. The lowest BCUT2D eigenvalue weighted by Gasteiger charge is -2.25. The Hall–Kier alpha value is -2.06. The van der Waals surface area contributed by atoms with Gasteiger partial charge in [-0.15, -0.1) is 0 Å². The molecule has 0 aliphatic rings. The summed E-state index contributed by atoms with van der Waals surface area (Å²) >= 11 is 0. The number of nitrogens with zero attached hydrogens (tertiary/aromatic N) is 1. The molecule has 3 N–H and O–H groups in total. The SMILES string of the molecule is CC/C=C\C/C=C\C/C=C\C/C=C\CCCCCCCCCCCCCCCCCCCCCCCCCCCCC(=O)NC(COP(=O)(O)OCC[N+](C)(C)C)C(O)/C=C/CC/C=C/CCC. The lowest BCUT2D eigenvalue weighted by atomic mass is 10.0. The molecule has 8 nitrogen and oxygen atoms in total. The molecule has 0 saturated carbocycles. The third-order valence-electron chi connectivity index (χ3n) is 12.4. The van der Waals surface area contributed by atoms with E-state index < -0.39 is 20.0 Å². The highest BCUT2D eigenvalue weighted by Gasteiger charge is 2.27. The van der Waals surface area contributed by atoms with Gasteiger partial charge in [-0.3, -0.25) is 13.8 Å². The molecule has 0 saturated heterocycles. The van der Waals surface area contributed by atoms with Crippen LogP contribution in [0.4, 0.5) is 0 Å². The molecule has 0 bridgehead atoms. The summed E-state index contributed by atoms with van der Waals surface area (Å²) in [5.74, 6) is -0.190. The van der Waals surface area contributed by atoms with Gasteiger partial charge in [-0.1, -0.05) is 247 Å². The van der Waals surface area contributed by atoms with E-state index >= 15 is 0 Å². The Kier molecular flexibility index (Phi) is 48.4. The first-order valence-corrected chi connectivity index (χ1v) is 29.8. The number of quaternary nitrogens is 1. The van der Waals surface area contributed by atoms with Crippen LogP contribution in [0.1, 0.15) is 245 Å². The second-order valence-corrected chi connectivity index (χ2v) is 21.7. The van der Waals surface area contributed by atoms with Crippen LogP contribution in [0.25, 0.3) is 0 Å². The van der Waals surface area contributed by atoms with Crippen LogP contribution in [-0.4, -0.2) is 73.4 Å². The first kappa shape index (κ1) is 65.9. The van der Waals surface area contributed by atoms with Gasteiger partial charge in [-0.05, 0) is 64.2 Å². The quantitative estimate of drug-likeness (QED) is 0.0243. The Morgan fingerprint density at radius 2 is 0.897 bits per heavy atom. The largest absolute Gasteiger partial charge is 0.472 e. The molecule has 1 amide bonds. The number of nitrogens with one attached hydrogen (secondary N) is 1. The molecule has 0 aromatic heterocycles. The van der Waals surface area contributed by atoms with Gasteiger partial charge in [0.05, 0.1) is 39.9 Å². The molecule has 3 unspecified atom stereocenters. The minimum absolute atomic E-state index is 0.0553. The van der Waals surface area contributed by atoms with E-state index in [4.69, 9.17) is 9.05 Å². The van der Waals surface area contributed by atoms with Crippen LogP contribution in [0, 0.1) is 0 Å². The Morgan fingerprint density at radius 1 is 0.515 bits per heavy atom. The standard InChI is InChI=1S/C59H109N2O6P/c1-6-8-10-12-14-15-16-17-18-19-20-21-22-23-24-25-26-27-28-29-30-31-32-33-34-35-36-37-38-39-40-41-42-43-44-45-47-49-51-53-59(63)60-57(58(62)52-50-48-46-13-11-9-7-2)56-67-68(64,65)66-55-54-61(3,4)5/h8,10-11,13-15,17-18,20-21,50,52,57-58,62H,6-7,9,12,16,19,22-49,51,53-56H2,1-5H3,(H-,60,63,64,65)/p+1/b10-8-,13-11+,15-14-,18-17-,21-20-,52-50+. The summed E-state index contributed by atoms with van der Waals surface area (Å²) < 4.78 is 23.5. The molecule has 0 radical (unpaired) electrons. The molecule has 0 aliphatic heterocycles. The Labute approximate surface area is 421 Å². The van der Waals surface area contributed by atoms with E-state index in [1.165, 1.54) is 154 Å². The Morgan fingerprint density at radius 3 is 1.34 bits per heavy atom. The summed E-state index contributed by atoms with van der Waals surface area (Å²) in [6.45, 7) is 4.57. The average molecular weight is 975 g/mol. The van der Waals surface area contributed by atoms with Crippen molar-refractivity contribution in [1.29, 1.82) is 0 Å². The molecule has 0 fully saturated rings. The van der Waals surface area contributed by atoms with Gasteiger partial charge >= 0.3 is 7.82 Å². The minimum atomic E-state index is -4.34. The van der Waals surface area contributed by atoms with E-state index in [-0.39, 0.29) is 19.1 Å². The van der Waals surface area contributed by atoms with Gasteiger partial charge in [0.25, 0.3) is 0 Å². The van der Waals surface area contributed by atoms with E-state index in [0.717, 1.165) is 70.6 Å². The molecule has 0 aromatic carbocycles. The maximum absolute atomic E-state index is 12.9. The number of carbonyl (C=O) groups excluding carboxylic acids is 1. The highest BCUT2D eigenvalue weighted by atomic mass is 31.2. The van der Waals surface area contributed by atoms with Crippen molar-refractivity contribution in [2.45, 2.75) is 257 Å². The summed E-state index contributed by atoms with van der Waals surface area (Å²) in [5, 5.41) is 13.7. The van der Waals surface area contributed by atoms with Crippen molar-refractivity contribution >= 4 is 13.7 Å². The molecule has 68 heavy (non-hydrogen) atoms. The summed E-state index contributed by atoms with van der Waals surface area (Å²) in [5.41, 5.74) is 0. The van der Waals surface area contributed by atoms with E-state index in [1.54, 1.807) is 6.08 Å². The van der Waals surface area contributed by atoms with E-state index in [2.05, 4.69) is 79.9 Å². The molecule has 9 heteroatoms. The molecular weight excluding hydrogens is 864 g/mol. The van der Waals surface area contributed by atoms with Crippen molar-refractivity contribution in [3.05, 3.63) is 72.9 Å². The van der Waals surface area contributed by atoms with Crippen molar-refractivity contribution < 1.29 is 32.9 Å². The molecule has 0 aliphatic carbocycles. The van der Waals surface area contributed by atoms with E-state index in [1.807, 2.05) is 27.2 Å². The van der Waals surface area contributed by atoms with Crippen LogP contribution in [-0.2, 0) is 18.4 Å². The van der Waals surface area contributed by atoms with Crippen molar-refractivity contribution in [1.82, 2.24) is 5.32 Å².